The zero-order valence-electron chi connectivity index (χ0n) is 10.6. The van der Waals surface area contributed by atoms with E-state index in [0.29, 0.717) is 18.0 Å². The lowest BCUT2D eigenvalue weighted by atomic mass is 10.2. The van der Waals surface area contributed by atoms with E-state index in [2.05, 4.69) is 10.3 Å². The van der Waals surface area contributed by atoms with Crippen molar-refractivity contribution >= 4 is 28.8 Å². The van der Waals surface area contributed by atoms with E-state index in [0.717, 1.165) is 22.7 Å². The SMILES string of the molecule is CCCNC(=O)Cc1csc(-c2ccc(Cl)cc2)n1. The van der Waals surface area contributed by atoms with Crippen molar-refractivity contribution in [1.29, 1.82) is 0 Å². The van der Waals surface area contributed by atoms with Crippen molar-refractivity contribution in [2.75, 3.05) is 6.54 Å². The smallest absolute Gasteiger partial charge is 0.226 e. The number of aromatic nitrogens is 1. The first-order valence-corrected chi connectivity index (χ1v) is 7.42. The van der Waals surface area contributed by atoms with Crippen LogP contribution in [0, 0.1) is 0 Å². The van der Waals surface area contributed by atoms with Gasteiger partial charge in [-0.15, -0.1) is 11.3 Å². The van der Waals surface area contributed by atoms with Crippen LogP contribution in [0.1, 0.15) is 19.0 Å². The first-order chi connectivity index (χ1) is 9.19. The highest BCUT2D eigenvalue weighted by Gasteiger charge is 2.08. The lowest BCUT2D eigenvalue weighted by Gasteiger charge is -2.00. The van der Waals surface area contributed by atoms with Crippen molar-refractivity contribution in [3.8, 4) is 10.6 Å². The number of thiazole rings is 1. The monoisotopic (exact) mass is 294 g/mol. The summed E-state index contributed by atoms with van der Waals surface area (Å²) in [5.74, 6) is 0.0230. The van der Waals surface area contributed by atoms with Crippen molar-refractivity contribution in [2.45, 2.75) is 19.8 Å². The number of nitrogens with zero attached hydrogens (tertiary/aromatic N) is 1. The second-order valence-corrected chi connectivity index (χ2v) is 5.47. The van der Waals surface area contributed by atoms with E-state index < -0.39 is 0 Å². The van der Waals surface area contributed by atoms with Gasteiger partial charge >= 0.3 is 0 Å². The fourth-order valence-corrected chi connectivity index (χ4v) is 2.56. The molecule has 0 aliphatic carbocycles. The molecule has 1 amide bonds. The van der Waals surface area contributed by atoms with Gasteiger partial charge in [-0.1, -0.05) is 30.7 Å². The molecule has 0 saturated carbocycles. The molecule has 0 radical (unpaired) electrons. The number of nitrogens with one attached hydrogen (secondary N) is 1. The molecular weight excluding hydrogens is 280 g/mol. The Morgan fingerprint density at radius 1 is 1.37 bits per heavy atom. The van der Waals surface area contributed by atoms with Crippen LogP contribution in [0.15, 0.2) is 29.6 Å². The van der Waals surface area contributed by atoms with Gasteiger partial charge in [-0.3, -0.25) is 4.79 Å². The molecule has 0 fully saturated rings. The highest BCUT2D eigenvalue weighted by Crippen LogP contribution is 2.25. The van der Waals surface area contributed by atoms with Gasteiger partial charge < -0.3 is 5.32 Å². The van der Waals surface area contributed by atoms with Gasteiger partial charge in [0.05, 0.1) is 12.1 Å². The molecule has 5 heteroatoms. The molecule has 1 heterocycles. The number of carbonyl (C=O) groups excluding carboxylic acids is 1. The fourth-order valence-electron chi connectivity index (χ4n) is 1.60. The molecule has 0 bridgehead atoms. The Morgan fingerprint density at radius 2 is 2.11 bits per heavy atom. The molecule has 2 rings (SSSR count). The Bertz CT molecular complexity index is 551. The molecule has 100 valence electrons. The Kier molecular flexibility index (Phi) is 4.93. The normalized spacial score (nSPS) is 10.4. The summed E-state index contributed by atoms with van der Waals surface area (Å²) in [5.41, 5.74) is 1.83. The predicted molar refractivity (Wildman–Crippen MR) is 79.6 cm³/mol. The van der Waals surface area contributed by atoms with E-state index in [4.69, 9.17) is 11.6 Å². The maximum absolute atomic E-state index is 11.6. The van der Waals surface area contributed by atoms with Crippen LogP contribution in [-0.2, 0) is 11.2 Å². The third-order valence-corrected chi connectivity index (χ3v) is 3.75. The van der Waals surface area contributed by atoms with Crippen LogP contribution in [0.5, 0.6) is 0 Å². The van der Waals surface area contributed by atoms with Crippen LogP contribution in [0.25, 0.3) is 10.6 Å². The number of hydrogen-bond acceptors (Lipinski definition) is 3. The van der Waals surface area contributed by atoms with Crippen LogP contribution >= 0.6 is 22.9 Å². The Hall–Kier alpha value is -1.39. The number of rotatable bonds is 5. The zero-order chi connectivity index (χ0) is 13.7. The minimum absolute atomic E-state index is 0.0230. The summed E-state index contributed by atoms with van der Waals surface area (Å²) in [6, 6.07) is 7.54. The number of hydrogen-bond donors (Lipinski definition) is 1. The second kappa shape index (κ2) is 6.68. The van der Waals surface area contributed by atoms with E-state index in [1.165, 1.54) is 0 Å². The topological polar surface area (TPSA) is 42.0 Å². The Morgan fingerprint density at radius 3 is 2.79 bits per heavy atom. The third-order valence-electron chi connectivity index (χ3n) is 2.56. The molecule has 0 unspecified atom stereocenters. The van der Waals surface area contributed by atoms with Crippen molar-refractivity contribution in [3.05, 3.63) is 40.4 Å². The first-order valence-electron chi connectivity index (χ1n) is 6.16. The van der Waals surface area contributed by atoms with E-state index in [1.54, 1.807) is 11.3 Å². The molecular formula is C14H15ClN2OS. The first kappa shape index (κ1) is 14.0. The highest BCUT2D eigenvalue weighted by atomic mass is 35.5. The predicted octanol–water partition coefficient (Wildman–Crippen LogP) is 3.53. The Balaban J connectivity index is 2.02. The van der Waals surface area contributed by atoms with E-state index in [9.17, 15) is 4.79 Å². The van der Waals surface area contributed by atoms with Gasteiger partial charge in [0.25, 0.3) is 0 Å². The number of amides is 1. The molecule has 0 aliphatic heterocycles. The average molecular weight is 295 g/mol. The summed E-state index contributed by atoms with van der Waals surface area (Å²) in [6.07, 6.45) is 1.28. The summed E-state index contributed by atoms with van der Waals surface area (Å²) < 4.78 is 0. The molecule has 1 aromatic heterocycles. The minimum Gasteiger partial charge on any atom is -0.356 e. The quantitative estimate of drug-likeness (QED) is 0.916. The van der Waals surface area contributed by atoms with Crippen LogP contribution in [0.2, 0.25) is 5.02 Å². The van der Waals surface area contributed by atoms with Crippen molar-refractivity contribution in [1.82, 2.24) is 10.3 Å². The maximum Gasteiger partial charge on any atom is 0.226 e. The van der Waals surface area contributed by atoms with Crippen LogP contribution in [0.3, 0.4) is 0 Å². The fraction of sp³-hybridized carbons (Fsp3) is 0.286. The standard InChI is InChI=1S/C14H15ClN2OS/c1-2-7-16-13(18)8-12-9-19-14(17-12)10-3-5-11(15)6-4-10/h3-6,9H,2,7-8H2,1H3,(H,16,18). The summed E-state index contributed by atoms with van der Waals surface area (Å²) in [4.78, 5) is 16.1. The number of benzene rings is 1. The zero-order valence-corrected chi connectivity index (χ0v) is 12.2. The molecule has 0 atom stereocenters. The van der Waals surface area contributed by atoms with Gasteiger partial charge in [-0.25, -0.2) is 4.98 Å². The number of carbonyl (C=O) groups is 1. The molecule has 0 aliphatic rings. The summed E-state index contributed by atoms with van der Waals surface area (Å²) in [7, 11) is 0. The lowest BCUT2D eigenvalue weighted by molar-refractivity contribution is -0.120. The molecule has 0 saturated heterocycles. The summed E-state index contributed by atoms with van der Waals surface area (Å²) >= 11 is 7.39. The third kappa shape index (κ3) is 4.04. The van der Waals surface area contributed by atoms with E-state index in [1.807, 2.05) is 36.6 Å². The maximum atomic E-state index is 11.6. The number of halogens is 1. The van der Waals surface area contributed by atoms with E-state index in [-0.39, 0.29) is 5.91 Å². The largest absolute Gasteiger partial charge is 0.356 e. The summed E-state index contributed by atoms with van der Waals surface area (Å²) in [6.45, 7) is 2.74. The molecule has 1 aromatic carbocycles. The van der Waals surface area contributed by atoms with E-state index >= 15 is 0 Å². The Labute approximate surface area is 121 Å². The lowest BCUT2D eigenvalue weighted by Crippen LogP contribution is -2.25. The van der Waals surface area contributed by atoms with Crippen LogP contribution in [0.4, 0.5) is 0 Å². The van der Waals surface area contributed by atoms with Gasteiger partial charge in [-0.05, 0) is 18.6 Å². The minimum atomic E-state index is 0.0230. The average Bonchev–Trinajstić information content (AvgIpc) is 2.85. The molecule has 3 nitrogen and oxygen atoms in total. The summed E-state index contributed by atoms with van der Waals surface area (Å²) in [5, 5.41) is 6.39. The van der Waals surface area contributed by atoms with Gasteiger partial charge in [0, 0.05) is 22.5 Å². The van der Waals surface area contributed by atoms with Gasteiger partial charge in [0.1, 0.15) is 5.01 Å². The van der Waals surface area contributed by atoms with Crippen molar-refractivity contribution in [2.24, 2.45) is 0 Å². The van der Waals surface area contributed by atoms with Gasteiger partial charge in [0.2, 0.25) is 5.91 Å². The van der Waals surface area contributed by atoms with Gasteiger partial charge in [0.15, 0.2) is 0 Å². The molecule has 19 heavy (non-hydrogen) atoms. The van der Waals surface area contributed by atoms with Crippen LogP contribution in [-0.4, -0.2) is 17.4 Å². The van der Waals surface area contributed by atoms with Crippen molar-refractivity contribution < 1.29 is 4.79 Å². The highest BCUT2D eigenvalue weighted by molar-refractivity contribution is 7.13. The molecule has 1 N–H and O–H groups in total. The van der Waals surface area contributed by atoms with Crippen molar-refractivity contribution in [3.63, 3.8) is 0 Å². The van der Waals surface area contributed by atoms with Crippen LogP contribution < -0.4 is 5.32 Å². The molecule has 2 aromatic rings. The van der Waals surface area contributed by atoms with Gasteiger partial charge in [-0.2, -0.15) is 0 Å². The second-order valence-electron chi connectivity index (χ2n) is 4.18. The molecule has 0 spiro atoms.